The smallest absolute Gasteiger partial charge is 0.191 e. The number of piperazine rings is 1. The number of nitrogens with zero attached hydrogens (tertiary/aromatic N) is 3. The molecule has 0 bridgehead atoms. The Hall–Kier alpha value is -1.14. The quantitative estimate of drug-likeness (QED) is 0.296. The van der Waals surface area contributed by atoms with Gasteiger partial charge in [-0.3, -0.25) is 9.89 Å². The lowest BCUT2D eigenvalue weighted by Crippen LogP contribution is -2.50. The van der Waals surface area contributed by atoms with Crippen LogP contribution in [0, 0.1) is 5.82 Å². The average molecular weight is 541 g/mol. The van der Waals surface area contributed by atoms with Crippen LogP contribution >= 0.6 is 24.0 Å². The van der Waals surface area contributed by atoms with E-state index in [1.165, 1.54) is 18.4 Å². The monoisotopic (exact) mass is 541 g/mol. The summed E-state index contributed by atoms with van der Waals surface area (Å²) in [6.45, 7) is 7.35. The highest BCUT2D eigenvalue weighted by molar-refractivity contribution is 14.0. The summed E-state index contributed by atoms with van der Waals surface area (Å²) in [5.74, 6) is 0.642. The molecule has 166 valence electrons. The second-order valence-electron chi connectivity index (χ2n) is 7.27. The largest absolute Gasteiger partial charge is 0.369 e. The standard InChI is InChI=1S/C19H32FN5O2S.HI/c1-16(8-15-28(3,26)27)23-19(21-2)22-9-10-24-11-13-25(14-12-24)18-6-4-17(20)5-7-18;/h4-7,16H,8-15H2,1-3H3,(H2,21,22,23);1H. The molecule has 2 N–H and O–H groups in total. The number of anilines is 1. The van der Waals surface area contributed by atoms with Gasteiger partial charge in [0.15, 0.2) is 5.96 Å². The van der Waals surface area contributed by atoms with Gasteiger partial charge in [0.05, 0.1) is 5.75 Å². The zero-order valence-electron chi connectivity index (χ0n) is 17.4. The molecule has 1 atom stereocenters. The van der Waals surface area contributed by atoms with Crippen molar-refractivity contribution in [1.29, 1.82) is 0 Å². The fourth-order valence-corrected chi connectivity index (χ4v) is 3.89. The fourth-order valence-electron chi connectivity index (χ4n) is 3.11. The molecule has 0 amide bonds. The lowest BCUT2D eigenvalue weighted by Gasteiger charge is -2.36. The minimum absolute atomic E-state index is 0. The number of aliphatic imine (C=N–C) groups is 1. The van der Waals surface area contributed by atoms with Crippen molar-refractivity contribution in [3.05, 3.63) is 30.1 Å². The highest BCUT2D eigenvalue weighted by Gasteiger charge is 2.17. The summed E-state index contributed by atoms with van der Waals surface area (Å²) in [4.78, 5) is 8.86. The maximum Gasteiger partial charge on any atom is 0.191 e. The molecule has 1 saturated heterocycles. The molecule has 10 heteroatoms. The summed E-state index contributed by atoms with van der Waals surface area (Å²) >= 11 is 0. The van der Waals surface area contributed by atoms with Crippen LogP contribution in [0.4, 0.5) is 10.1 Å². The molecule has 1 aliphatic heterocycles. The van der Waals surface area contributed by atoms with Crippen LogP contribution in [-0.2, 0) is 9.84 Å². The second-order valence-corrected chi connectivity index (χ2v) is 9.53. The summed E-state index contributed by atoms with van der Waals surface area (Å²) in [6, 6.07) is 6.68. The Morgan fingerprint density at radius 2 is 1.83 bits per heavy atom. The summed E-state index contributed by atoms with van der Waals surface area (Å²) in [5.41, 5.74) is 1.06. The molecule has 1 aromatic carbocycles. The van der Waals surface area contributed by atoms with Crippen molar-refractivity contribution in [3.63, 3.8) is 0 Å². The molecule has 1 heterocycles. The molecule has 29 heavy (non-hydrogen) atoms. The molecular formula is C19H33FIN5O2S. The van der Waals surface area contributed by atoms with Crippen LogP contribution in [0.15, 0.2) is 29.3 Å². The maximum atomic E-state index is 13.0. The van der Waals surface area contributed by atoms with Crippen molar-refractivity contribution < 1.29 is 12.8 Å². The lowest BCUT2D eigenvalue weighted by atomic mass is 10.2. The van der Waals surface area contributed by atoms with Gasteiger partial charge in [-0.15, -0.1) is 24.0 Å². The van der Waals surface area contributed by atoms with Gasteiger partial charge in [0, 0.05) is 64.3 Å². The van der Waals surface area contributed by atoms with E-state index in [2.05, 4.69) is 25.4 Å². The zero-order valence-corrected chi connectivity index (χ0v) is 20.5. The van der Waals surface area contributed by atoms with Crippen molar-refractivity contribution in [2.75, 3.05) is 63.2 Å². The third kappa shape index (κ3) is 9.94. The van der Waals surface area contributed by atoms with Gasteiger partial charge in [-0.1, -0.05) is 0 Å². The van der Waals surface area contributed by atoms with Crippen LogP contribution in [0.2, 0.25) is 0 Å². The zero-order chi connectivity index (χ0) is 20.6. The molecular weight excluding hydrogens is 508 g/mol. The molecule has 2 rings (SSSR count). The van der Waals surface area contributed by atoms with Crippen LogP contribution in [-0.4, -0.2) is 83.6 Å². The highest BCUT2D eigenvalue weighted by atomic mass is 127. The van der Waals surface area contributed by atoms with E-state index in [-0.39, 0.29) is 41.6 Å². The minimum atomic E-state index is -2.95. The summed E-state index contributed by atoms with van der Waals surface area (Å²) in [5, 5.41) is 6.51. The molecule has 1 aliphatic rings. The first kappa shape index (κ1) is 25.9. The van der Waals surface area contributed by atoms with Gasteiger partial charge < -0.3 is 15.5 Å². The number of guanidine groups is 1. The van der Waals surface area contributed by atoms with Crippen molar-refractivity contribution in [3.8, 4) is 0 Å². The van der Waals surface area contributed by atoms with Gasteiger partial charge in [0.2, 0.25) is 0 Å². The molecule has 1 fully saturated rings. The number of benzene rings is 1. The fraction of sp³-hybridized carbons (Fsp3) is 0.632. The Balaban J connectivity index is 0.00000420. The van der Waals surface area contributed by atoms with Crippen LogP contribution < -0.4 is 15.5 Å². The van der Waals surface area contributed by atoms with Crippen molar-refractivity contribution in [2.24, 2.45) is 4.99 Å². The Kier molecular flexibility index (Phi) is 11.2. The number of hydrogen-bond donors (Lipinski definition) is 2. The van der Waals surface area contributed by atoms with Crippen LogP contribution in [0.5, 0.6) is 0 Å². The Morgan fingerprint density at radius 3 is 2.38 bits per heavy atom. The maximum absolute atomic E-state index is 13.0. The predicted molar refractivity (Wildman–Crippen MR) is 129 cm³/mol. The normalized spacial score (nSPS) is 16.8. The van der Waals surface area contributed by atoms with Crippen LogP contribution in [0.1, 0.15) is 13.3 Å². The Bertz CT molecular complexity index is 737. The molecule has 0 saturated carbocycles. The molecule has 0 spiro atoms. The van der Waals surface area contributed by atoms with Gasteiger partial charge in [0.1, 0.15) is 15.7 Å². The van der Waals surface area contributed by atoms with E-state index in [0.29, 0.717) is 12.4 Å². The number of halogens is 2. The second kappa shape index (κ2) is 12.5. The SMILES string of the molecule is CN=C(NCCN1CCN(c2ccc(F)cc2)CC1)NC(C)CCS(C)(=O)=O.I. The summed E-state index contributed by atoms with van der Waals surface area (Å²) < 4.78 is 35.6. The minimum Gasteiger partial charge on any atom is -0.369 e. The van der Waals surface area contributed by atoms with E-state index in [1.54, 1.807) is 7.05 Å². The first-order valence-corrected chi connectivity index (χ1v) is 11.7. The van der Waals surface area contributed by atoms with E-state index >= 15 is 0 Å². The Morgan fingerprint density at radius 1 is 1.21 bits per heavy atom. The van der Waals surface area contributed by atoms with Gasteiger partial charge in [-0.25, -0.2) is 12.8 Å². The third-order valence-corrected chi connectivity index (χ3v) is 5.79. The molecule has 1 aromatic rings. The number of sulfone groups is 1. The Labute approximate surface area is 191 Å². The van der Waals surface area contributed by atoms with Gasteiger partial charge in [0.25, 0.3) is 0 Å². The van der Waals surface area contributed by atoms with E-state index in [4.69, 9.17) is 0 Å². The molecule has 1 unspecified atom stereocenters. The van der Waals surface area contributed by atoms with Crippen LogP contribution in [0.3, 0.4) is 0 Å². The lowest BCUT2D eigenvalue weighted by molar-refractivity contribution is 0.261. The van der Waals surface area contributed by atoms with E-state index < -0.39 is 9.84 Å². The molecule has 7 nitrogen and oxygen atoms in total. The number of hydrogen-bond acceptors (Lipinski definition) is 5. The first-order valence-electron chi connectivity index (χ1n) is 9.64. The van der Waals surface area contributed by atoms with Crippen LogP contribution in [0.25, 0.3) is 0 Å². The number of rotatable bonds is 8. The van der Waals surface area contributed by atoms with Crippen molar-refractivity contribution >= 4 is 45.5 Å². The van der Waals surface area contributed by atoms with Crippen molar-refractivity contribution in [1.82, 2.24) is 15.5 Å². The molecule has 0 radical (unpaired) electrons. The predicted octanol–water partition coefficient (Wildman–Crippen LogP) is 1.55. The van der Waals surface area contributed by atoms with Gasteiger partial charge in [-0.2, -0.15) is 0 Å². The van der Waals surface area contributed by atoms with E-state index in [1.807, 2.05) is 19.1 Å². The first-order chi connectivity index (χ1) is 13.3. The molecule has 0 aromatic heterocycles. The average Bonchev–Trinajstić information content (AvgIpc) is 2.66. The highest BCUT2D eigenvalue weighted by Crippen LogP contribution is 2.16. The van der Waals surface area contributed by atoms with E-state index in [9.17, 15) is 12.8 Å². The third-order valence-electron chi connectivity index (χ3n) is 4.81. The number of nitrogens with one attached hydrogen (secondary N) is 2. The van der Waals surface area contributed by atoms with Gasteiger partial charge >= 0.3 is 0 Å². The van der Waals surface area contributed by atoms with Gasteiger partial charge in [-0.05, 0) is 37.6 Å². The van der Waals surface area contributed by atoms with E-state index in [0.717, 1.165) is 45.0 Å². The van der Waals surface area contributed by atoms with Crippen molar-refractivity contribution in [2.45, 2.75) is 19.4 Å². The summed E-state index contributed by atoms with van der Waals surface area (Å²) in [7, 11) is -1.24. The topological polar surface area (TPSA) is 77.0 Å². The molecule has 0 aliphatic carbocycles. The summed E-state index contributed by atoms with van der Waals surface area (Å²) in [6.07, 6.45) is 1.80.